The Balaban J connectivity index is 2.33. The van der Waals surface area contributed by atoms with Crippen molar-refractivity contribution in [3.05, 3.63) is 18.1 Å². The van der Waals surface area contributed by atoms with Crippen LogP contribution in [0.25, 0.3) is 0 Å². The summed E-state index contributed by atoms with van der Waals surface area (Å²) in [6.45, 7) is 3.70. The van der Waals surface area contributed by atoms with E-state index in [1.54, 1.807) is 12.4 Å². The fourth-order valence-corrected chi connectivity index (χ4v) is 2.12. The summed E-state index contributed by atoms with van der Waals surface area (Å²) < 4.78 is 0. The number of carbonyl (C=O) groups is 1. The molecule has 0 spiro atoms. The molecule has 1 aromatic heterocycles. The van der Waals surface area contributed by atoms with Crippen molar-refractivity contribution in [2.45, 2.75) is 25.9 Å². The molecule has 1 atom stereocenters. The van der Waals surface area contributed by atoms with E-state index in [0.717, 1.165) is 24.5 Å². The fourth-order valence-electron chi connectivity index (χ4n) is 2.12. The number of nitrogens with zero attached hydrogens (tertiary/aromatic N) is 3. The van der Waals surface area contributed by atoms with Crippen LogP contribution in [0, 0.1) is 0 Å². The van der Waals surface area contributed by atoms with Crippen LogP contribution in [0.1, 0.15) is 19.0 Å². The molecule has 0 radical (unpaired) electrons. The molecule has 0 aromatic carbocycles. The van der Waals surface area contributed by atoms with Crippen LogP contribution >= 0.6 is 0 Å². The topological polar surface area (TPSA) is 84.1 Å². The van der Waals surface area contributed by atoms with Crippen LogP contribution in [0.2, 0.25) is 0 Å². The van der Waals surface area contributed by atoms with E-state index < -0.39 is 0 Å². The molecule has 1 unspecified atom stereocenters. The lowest BCUT2D eigenvalue weighted by atomic mass is 10.1. The zero-order valence-corrected chi connectivity index (χ0v) is 9.89. The number of nitrogens with two attached hydrogens (primary N) is 1. The minimum absolute atomic E-state index is 0.0485. The molecule has 1 aliphatic heterocycles. The molecule has 0 aliphatic carbocycles. The average molecular weight is 235 g/mol. The molecule has 0 saturated carbocycles. The first-order chi connectivity index (χ1) is 8.27. The maximum atomic E-state index is 11.8. The fraction of sp³-hybridized carbons (Fsp3) is 0.545. The van der Waals surface area contributed by atoms with Crippen molar-refractivity contribution in [3.63, 3.8) is 0 Å². The number of hydrogen-bond acceptors (Lipinski definition) is 5. The minimum Gasteiger partial charge on any atom is -0.353 e. The predicted molar refractivity (Wildman–Crippen MR) is 64.4 cm³/mol. The van der Waals surface area contributed by atoms with E-state index >= 15 is 0 Å². The first kappa shape index (κ1) is 11.8. The van der Waals surface area contributed by atoms with Gasteiger partial charge in [-0.2, -0.15) is 0 Å². The van der Waals surface area contributed by atoms with Gasteiger partial charge in [-0.3, -0.25) is 9.78 Å². The van der Waals surface area contributed by atoms with Crippen LogP contribution < -0.4 is 16.0 Å². The molecule has 1 fully saturated rings. The van der Waals surface area contributed by atoms with Gasteiger partial charge < -0.3 is 16.0 Å². The Kier molecular flexibility index (Phi) is 3.53. The first-order valence-electron chi connectivity index (χ1n) is 5.82. The van der Waals surface area contributed by atoms with Crippen LogP contribution in [0.15, 0.2) is 12.4 Å². The van der Waals surface area contributed by atoms with E-state index in [-0.39, 0.29) is 11.9 Å². The summed E-state index contributed by atoms with van der Waals surface area (Å²) in [6, 6.07) is -0.175. The number of rotatable bonds is 3. The number of carbonyl (C=O) groups excluding carboxylic acids is 1. The van der Waals surface area contributed by atoms with Gasteiger partial charge >= 0.3 is 0 Å². The summed E-state index contributed by atoms with van der Waals surface area (Å²) in [4.78, 5) is 22.3. The maximum Gasteiger partial charge on any atom is 0.242 e. The van der Waals surface area contributed by atoms with Crippen LogP contribution in [-0.2, 0) is 11.3 Å². The van der Waals surface area contributed by atoms with Gasteiger partial charge in [0.1, 0.15) is 6.04 Å². The van der Waals surface area contributed by atoms with Gasteiger partial charge in [0.25, 0.3) is 0 Å². The molecule has 3 N–H and O–H groups in total. The molecular weight excluding hydrogens is 218 g/mol. The molecule has 6 heteroatoms. The summed E-state index contributed by atoms with van der Waals surface area (Å²) >= 11 is 0. The third-order valence-corrected chi connectivity index (χ3v) is 2.93. The third kappa shape index (κ3) is 2.21. The van der Waals surface area contributed by atoms with Crippen molar-refractivity contribution in [2.75, 3.05) is 18.0 Å². The molecule has 2 rings (SSSR count). The van der Waals surface area contributed by atoms with E-state index in [2.05, 4.69) is 15.3 Å². The van der Waals surface area contributed by atoms with Crippen molar-refractivity contribution in [1.29, 1.82) is 0 Å². The second-order valence-corrected chi connectivity index (χ2v) is 3.94. The summed E-state index contributed by atoms with van der Waals surface area (Å²) in [7, 11) is 0. The van der Waals surface area contributed by atoms with Gasteiger partial charge in [0.05, 0.1) is 5.69 Å². The van der Waals surface area contributed by atoms with E-state index in [0.29, 0.717) is 13.1 Å². The van der Waals surface area contributed by atoms with Gasteiger partial charge in [0, 0.05) is 32.0 Å². The van der Waals surface area contributed by atoms with Crippen molar-refractivity contribution in [3.8, 4) is 0 Å². The van der Waals surface area contributed by atoms with Crippen molar-refractivity contribution >= 4 is 11.7 Å². The molecule has 2 heterocycles. The molecule has 1 saturated heterocycles. The Labute approximate surface area is 100 Å². The van der Waals surface area contributed by atoms with Gasteiger partial charge in [-0.25, -0.2) is 4.98 Å². The minimum atomic E-state index is -0.175. The zero-order chi connectivity index (χ0) is 12.3. The SMILES string of the molecule is CCC1C(=O)NCCN1c1nccnc1CN. The Morgan fingerprint density at radius 1 is 1.53 bits per heavy atom. The third-order valence-electron chi connectivity index (χ3n) is 2.93. The molecule has 1 aliphatic rings. The second-order valence-electron chi connectivity index (χ2n) is 3.94. The van der Waals surface area contributed by atoms with Crippen LogP contribution in [0.5, 0.6) is 0 Å². The molecule has 17 heavy (non-hydrogen) atoms. The van der Waals surface area contributed by atoms with Gasteiger partial charge in [-0.15, -0.1) is 0 Å². The van der Waals surface area contributed by atoms with Gasteiger partial charge in [-0.1, -0.05) is 6.92 Å². The quantitative estimate of drug-likeness (QED) is 0.748. The lowest BCUT2D eigenvalue weighted by Gasteiger charge is -2.35. The summed E-state index contributed by atoms with van der Waals surface area (Å²) in [5.74, 6) is 0.782. The average Bonchev–Trinajstić information content (AvgIpc) is 2.38. The lowest BCUT2D eigenvalue weighted by Crippen LogP contribution is -2.55. The highest BCUT2D eigenvalue weighted by Crippen LogP contribution is 2.20. The highest BCUT2D eigenvalue weighted by molar-refractivity contribution is 5.86. The van der Waals surface area contributed by atoms with Crippen LogP contribution in [0.3, 0.4) is 0 Å². The summed E-state index contributed by atoms with van der Waals surface area (Å²) in [5, 5.41) is 2.86. The number of anilines is 1. The second kappa shape index (κ2) is 5.09. The largest absolute Gasteiger partial charge is 0.353 e. The highest BCUT2D eigenvalue weighted by atomic mass is 16.2. The number of aromatic nitrogens is 2. The van der Waals surface area contributed by atoms with E-state index in [4.69, 9.17) is 5.73 Å². The van der Waals surface area contributed by atoms with Crippen molar-refractivity contribution in [1.82, 2.24) is 15.3 Å². The number of hydrogen-bond donors (Lipinski definition) is 2. The van der Waals surface area contributed by atoms with Crippen molar-refractivity contribution < 1.29 is 4.79 Å². The molecule has 1 aromatic rings. The number of amides is 1. The normalized spacial score (nSPS) is 20.2. The monoisotopic (exact) mass is 235 g/mol. The number of nitrogens with one attached hydrogen (secondary N) is 1. The smallest absolute Gasteiger partial charge is 0.242 e. The Bertz CT molecular complexity index is 409. The van der Waals surface area contributed by atoms with Crippen LogP contribution in [-0.4, -0.2) is 35.0 Å². The van der Waals surface area contributed by atoms with E-state index in [1.165, 1.54) is 0 Å². The maximum absolute atomic E-state index is 11.8. The standard InChI is InChI=1S/C11H17N5O/c1-2-9-11(17)15-5-6-16(9)10-8(7-12)13-3-4-14-10/h3-4,9H,2,5-7,12H2,1H3,(H,15,17). The van der Waals surface area contributed by atoms with E-state index in [9.17, 15) is 4.79 Å². The summed E-state index contributed by atoms with van der Waals surface area (Å²) in [6.07, 6.45) is 4.00. The highest BCUT2D eigenvalue weighted by Gasteiger charge is 2.30. The Hall–Kier alpha value is -1.69. The van der Waals surface area contributed by atoms with E-state index in [1.807, 2.05) is 11.8 Å². The molecule has 92 valence electrons. The zero-order valence-electron chi connectivity index (χ0n) is 9.89. The lowest BCUT2D eigenvalue weighted by molar-refractivity contribution is -0.123. The summed E-state index contributed by atoms with van der Waals surface area (Å²) in [5.41, 5.74) is 6.39. The molecular formula is C11H17N5O. The first-order valence-corrected chi connectivity index (χ1v) is 5.82. The predicted octanol–water partition coefficient (Wildman–Crippen LogP) is -0.350. The number of piperazine rings is 1. The van der Waals surface area contributed by atoms with Gasteiger partial charge in [-0.05, 0) is 6.42 Å². The Morgan fingerprint density at radius 2 is 2.29 bits per heavy atom. The molecule has 6 nitrogen and oxygen atoms in total. The van der Waals surface area contributed by atoms with Crippen LogP contribution in [0.4, 0.5) is 5.82 Å². The Morgan fingerprint density at radius 3 is 3.00 bits per heavy atom. The molecule has 1 amide bonds. The van der Waals surface area contributed by atoms with Gasteiger partial charge in [0.2, 0.25) is 5.91 Å². The van der Waals surface area contributed by atoms with Crippen molar-refractivity contribution in [2.24, 2.45) is 5.73 Å². The molecule has 0 bridgehead atoms. The van der Waals surface area contributed by atoms with Gasteiger partial charge in [0.15, 0.2) is 5.82 Å².